The second-order valence-corrected chi connectivity index (χ2v) is 11.6. The Balaban J connectivity index is 1.67. The Morgan fingerprint density at radius 3 is 2.44 bits per heavy atom. The van der Waals surface area contributed by atoms with Crippen molar-refractivity contribution in [3.8, 4) is 5.82 Å². The fourth-order valence-electron chi connectivity index (χ4n) is 3.87. The number of halogens is 2. The van der Waals surface area contributed by atoms with Crippen LogP contribution in [0.4, 0.5) is 11.5 Å². The van der Waals surface area contributed by atoms with Gasteiger partial charge in [0.1, 0.15) is 12.4 Å². The van der Waals surface area contributed by atoms with E-state index < -0.39 is 22.5 Å². The molecule has 0 spiro atoms. The van der Waals surface area contributed by atoms with E-state index in [1.54, 1.807) is 37.5 Å². The molecule has 13 heteroatoms. The van der Waals surface area contributed by atoms with Gasteiger partial charge in [-0.25, -0.2) is 18.4 Å². The van der Waals surface area contributed by atoms with Crippen LogP contribution in [0.25, 0.3) is 16.7 Å². The molecule has 0 aliphatic carbocycles. The molecule has 2 aromatic carbocycles. The van der Waals surface area contributed by atoms with Gasteiger partial charge in [0, 0.05) is 34.7 Å². The molecule has 2 heterocycles. The van der Waals surface area contributed by atoms with Crippen LogP contribution in [-0.4, -0.2) is 74.2 Å². The number of rotatable bonds is 11. The molecular formula is C26H28Cl2N6O4S. The number of aromatic nitrogens is 3. The number of ether oxygens (including phenoxy) is 1. The summed E-state index contributed by atoms with van der Waals surface area (Å²) in [4.78, 5) is 23.3. The molecule has 4 aromatic rings. The summed E-state index contributed by atoms with van der Waals surface area (Å²) in [5, 5.41) is 4.27. The number of carbonyl (C=O) groups excluding carboxylic acids is 1. The topological polar surface area (TPSA) is 110 Å². The van der Waals surface area contributed by atoms with Crippen molar-refractivity contribution in [2.45, 2.75) is 11.8 Å². The first-order valence-corrected chi connectivity index (χ1v) is 14.2. The number of carbonyl (C=O) groups is 1. The molecule has 39 heavy (non-hydrogen) atoms. The van der Waals surface area contributed by atoms with Gasteiger partial charge in [0.25, 0.3) is 10.0 Å². The van der Waals surface area contributed by atoms with Crippen LogP contribution in [0, 0.1) is 0 Å². The van der Waals surface area contributed by atoms with Crippen molar-refractivity contribution in [2.75, 3.05) is 50.0 Å². The molecular weight excluding hydrogens is 563 g/mol. The third-order valence-corrected chi connectivity index (χ3v) is 7.90. The third-order valence-electron chi connectivity index (χ3n) is 5.71. The van der Waals surface area contributed by atoms with E-state index in [1.165, 1.54) is 18.2 Å². The first-order valence-electron chi connectivity index (χ1n) is 12.0. The molecule has 206 valence electrons. The molecule has 0 saturated heterocycles. The van der Waals surface area contributed by atoms with Crippen molar-refractivity contribution < 1.29 is 17.9 Å². The first kappa shape index (κ1) is 28.6. The Morgan fingerprint density at radius 2 is 1.79 bits per heavy atom. The maximum Gasteiger partial charge on any atom is 0.326 e. The number of benzene rings is 2. The molecule has 1 N–H and O–H groups in total. The van der Waals surface area contributed by atoms with E-state index in [-0.39, 0.29) is 27.2 Å². The summed E-state index contributed by atoms with van der Waals surface area (Å²) in [5.41, 5.74) is 1.05. The lowest BCUT2D eigenvalue weighted by Crippen LogP contribution is -2.36. The van der Waals surface area contributed by atoms with Crippen LogP contribution in [0.2, 0.25) is 10.0 Å². The highest BCUT2D eigenvalue weighted by atomic mass is 35.5. The second kappa shape index (κ2) is 12.2. The minimum atomic E-state index is -4.22. The van der Waals surface area contributed by atoms with Gasteiger partial charge < -0.3 is 15.0 Å². The zero-order valence-electron chi connectivity index (χ0n) is 21.6. The maximum absolute atomic E-state index is 13.7. The van der Waals surface area contributed by atoms with E-state index in [0.29, 0.717) is 11.6 Å². The quantitative estimate of drug-likeness (QED) is 0.255. The van der Waals surface area contributed by atoms with Gasteiger partial charge in [0.15, 0.2) is 5.82 Å². The smallest absolute Gasteiger partial charge is 0.326 e. The summed E-state index contributed by atoms with van der Waals surface area (Å²) in [6.45, 7) is 2.84. The van der Waals surface area contributed by atoms with Gasteiger partial charge in [-0.1, -0.05) is 23.2 Å². The fraction of sp³-hybridized carbons (Fsp3) is 0.269. The lowest BCUT2D eigenvalue weighted by atomic mass is 10.2. The largest absolute Gasteiger partial charge is 0.465 e. The van der Waals surface area contributed by atoms with Crippen LogP contribution >= 0.6 is 23.2 Å². The predicted octanol–water partition coefficient (Wildman–Crippen LogP) is 4.46. The summed E-state index contributed by atoms with van der Waals surface area (Å²) in [5.74, 6) is 0.571. The van der Waals surface area contributed by atoms with Gasteiger partial charge in [-0.05, 0) is 63.5 Å². The molecule has 0 fully saturated rings. The highest BCUT2D eigenvalue weighted by molar-refractivity contribution is 7.92. The molecule has 0 radical (unpaired) electrons. The molecule has 10 nitrogen and oxygen atoms in total. The van der Waals surface area contributed by atoms with Crippen LogP contribution in [0.3, 0.4) is 0 Å². The monoisotopic (exact) mass is 590 g/mol. The lowest BCUT2D eigenvalue weighted by molar-refractivity contribution is -0.141. The van der Waals surface area contributed by atoms with Gasteiger partial charge in [-0.2, -0.15) is 0 Å². The summed E-state index contributed by atoms with van der Waals surface area (Å²) >= 11 is 12.1. The summed E-state index contributed by atoms with van der Waals surface area (Å²) < 4.78 is 35.2. The Hall–Kier alpha value is -3.38. The number of esters is 1. The molecule has 0 amide bonds. The Morgan fingerprint density at radius 1 is 1.05 bits per heavy atom. The van der Waals surface area contributed by atoms with E-state index in [0.717, 1.165) is 28.3 Å². The van der Waals surface area contributed by atoms with Crippen LogP contribution in [0.15, 0.2) is 66.0 Å². The van der Waals surface area contributed by atoms with Gasteiger partial charge in [-0.3, -0.25) is 13.7 Å². The third kappa shape index (κ3) is 6.80. The zero-order chi connectivity index (χ0) is 28.2. The van der Waals surface area contributed by atoms with Gasteiger partial charge in [-0.15, -0.1) is 0 Å². The standard InChI is InChI=1S/C26H28Cl2N6O4S/c1-4-38-26(35)17-34(39(36,37)22-13-19(27)12-20(28)14-22)21-5-6-23-18(11-21)7-9-33(23)25-16-30-24(15-31-25)29-8-10-32(2)3/h5-7,9,11-16H,4,8,10,17H2,1-3H3,(H,29,30). The van der Waals surface area contributed by atoms with Crippen molar-refractivity contribution in [1.82, 2.24) is 19.4 Å². The summed E-state index contributed by atoms with van der Waals surface area (Å²) in [6.07, 6.45) is 5.14. The summed E-state index contributed by atoms with van der Waals surface area (Å²) in [7, 11) is -0.225. The predicted molar refractivity (Wildman–Crippen MR) is 154 cm³/mol. The molecule has 0 aliphatic rings. The molecule has 2 aromatic heterocycles. The maximum atomic E-state index is 13.7. The van der Waals surface area contributed by atoms with E-state index in [4.69, 9.17) is 27.9 Å². The number of anilines is 2. The molecule has 0 unspecified atom stereocenters. The van der Waals surface area contributed by atoms with Crippen LogP contribution in [0.1, 0.15) is 6.92 Å². The molecule has 4 rings (SSSR count). The Bertz CT molecular complexity index is 1560. The van der Waals surface area contributed by atoms with E-state index >= 15 is 0 Å². The Labute approximate surface area is 237 Å². The van der Waals surface area contributed by atoms with Gasteiger partial charge in [0.2, 0.25) is 0 Å². The number of sulfonamides is 1. The molecule has 0 atom stereocenters. The molecule has 0 aliphatic heterocycles. The summed E-state index contributed by atoms with van der Waals surface area (Å²) in [6, 6.07) is 10.9. The number of nitrogens with zero attached hydrogens (tertiary/aromatic N) is 5. The average Bonchev–Trinajstić information content (AvgIpc) is 3.30. The van der Waals surface area contributed by atoms with Crippen LogP contribution < -0.4 is 9.62 Å². The highest BCUT2D eigenvalue weighted by Gasteiger charge is 2.29. The number of likely N-dealkylation sites (N-methyl/N-ethyl adjacent to an activating group) is 1. The SMILES string of the molecule is CCOC(=O)CN(c1ccc2c(ccn2-c2cnc(NCCN(C)C)cn2)c1)S(=O)(=O)c1cc(Cl)cc(Cl)c1. The van der Waals surface area contributed by atoms with E-state index in [1.807, 2.05) is 30.9 Å². The fourth-order valence-corrected chi connectivity index (χ4v) is 6.00. The number of fused-ring (bicyclic) bond motifs is 1. The van der Waals surface area contributed by atoms with Crippen molar-refractivity contribution >= 4 is 61.6 Å². The minimum Gasteiger partial charge on any atom is -0.465 e. The zero-order valence-corrected chi connectivity index (χ0v) is 24.0. The average molecular weight is 592 g/mol. The van der Waals surface area contributed by atoms with Crippen molar-refractivity contribution in [3.63, 3.8) is 0 Å². The minimum absolute atomic E-state index is 0.114. The van der Waals surface area contributed by atoms with Crippen molar-refractivity contribution in [3.05, 3.63) is 71.1 Å². The number of nitrogens with one attached hydrogen (secondary N) is 1. The lowest BCUT2D eigenvalue weighted by Gasteiger charge is -2.24. The molecule has 0 bridgehead atoms. The second-order valence-electron chi connectivity index (χ2n) is 8.84. The highest BCUT2D eigenvalue weighted by Crippen LogP contribution is 2.31. The van der Waals surface area contributed by atoms with Crippen molar-refractivity contribution in [1.29, 1.82) is 0 Å². The van der Waals surface area contributed by atoms with E-state index in [9.17, 15) is 13.2 Å². The number of hydrogen-bond donors (Lipinski definition) is 1. The normalized spacial score (nSPS) is 11.6. The first-order chi connectivity index (χ1) is 18.6. The Kier molecular flexibility index (Phi) is 8.96. The van der Waals surface area contributed by atoms with Gasteiger partial charge in [0.05, 0.1) is 35.1 Å². The van der Waals surface area contributed by atoms with Crippen molar-refractivity contribution in [2.24, 2.45) is 0 Å². The molecule has 0 saturated carbocycles. The number of hydrogen-bond acceptors (Lipinski definition) is 8. The van der Waals surface area contributed by atoms with Crippen LogP contribution in [-0.2, 0) is 19.6 Å². The van der Waals surface area contributed by atoms with E-state index in [2.05, 4.69) is 20.2 Å². The van der Waals surface area contributed by atoms with Gasteiger partial charge >= 0.3 is 5.97 Å². The van der Waals surface area contributed by atoms with Crippen LogP contribution in [0.5, 0.6) is 0 Å².